The molecule has 0 heterocycles. The second-order valence-electron chi connectivity index (χ2n) is 3.31. The Bertz CT molecular complexity index is 420. The Labute approximate surface area is 116 Å². The molecule has 1 N–H and O–H groups in total. The van der Waals surface area contributed by atoms with Crippen LogP contribution in [0.4, 0.5) is 5.69 Å². The minimum atomic E-state index is 0. The Morgan fingerprint density at radius 2 is 1.73 bits per heavy atom. The third kappa shape index (κ3) is 3.03. The summed E-state index contributed by atoms with van der Waals surface area (Å²) in [6.07, 6.45) is 0.906. The number of rotatable bonds is 3. The number of anilines is 1. The molecule has 0 fully saturated rings. The molecule has 0 radical (unpaired) electrons. The molecule has 0 aliphatic heterocycles. The summed E-state index contributed by atoms with van der Waals surface area (Å²) in [5.41, 5.74) is 1.20. The fourth-order valence-electron chi connectivity index (χ4n) is 1.60. The fourth-order valence-corrected chi connectivity index (χ4v) is 1.60. The Morgan fingerprint density at radius 1 is 1.00 bits per heavy atom. The Morgan fingerprint density at radius 3 is 2.53 bits per heavy atom. The molecule has 0 spiro atoms. The van der Waals surface area contributed by atoms with E-state index in [-0.39, 0.29) is 32.7 Å². The second-order valence-corrected chi connectivity index (χ2v) is 3.31. The quantitative estimate of drug-likeness (QED) is 0.844. The topological polar surface area (TPSA) is 12.0 Å². The van der Waals surface area contributed by atoms with Crippen LogP contribution in [-0.4, -0.2) is 6.54 Å². The van der Waals surface area contributed by atoms with Gasteiger partial charge in [0.1, 0.15) is 0 Å². The monoisotopic (exact) mass is 273 g/mol. The van der Waals surface area contributed by atoms with Crippen molar-refractivity contribution in [3.63, 3.8) is 0 Å². The zero-order valence-electron chi connectivity index (χ0n) is 8.74. The second kappa shape index (κ2) is 6.24. The molecule has 0 unspecified atom stereocenters. The van der Waals surface area contributed by atoms with Crippen molar-refractivity contribution >= 4 is 16.5 Å². The van der Waals surface area contributed by atoms with Crippen molar-refractivity contribution in [2.45, 2.75) is 6.42 Å². The molecule has 2 rings (SSSR count). The average Bonchev–Trinajstić information content (AvgIpc) is 2.26. The van der Waals surface area contributed by atoms with Crippen molar-refractivity contribution in [3.8, 4) is 0 Å². The van der Waals surface area contributed by atoms with E-state index in [9.17, 15) is 0 Å². The molecule has 0 saturated heterocycles. The van der Waals surface area contributed by atoms with Gasteiger partial charge in [0.25, 0.3) is 0 Å². The van der Waals surface area contributed by atoms with Crippen LogP contribution in [0, 0.1) is 6.92 Å². The first-order valence-electron chi connectivity index (χ1n) is 4.92. The van der Waals surface area contributed by atoms with E-state index in [1.54, 1.807) is 0 Å². The summed E-state index contributed by atoms with van der Waals surface area (Å²) in [5.74, 6) is 0. The van der Waals surface area contributed by atoms with Crippen LogP contribution in [0.15, 0.2) is 42.5 Å². The molecule has 0 aliphatic rings. The third-order valence-electron chi connectivity index (χ3n) is 2.28. The molecule has 15 heavy (non-hydrogen) atoms. The molecule has 0 saturated carbocycles. The molecule has 1 nitrogen and oxygen atoms in total. The largest absolute Gasteiger partial charge is 3.00 e. The Balaban J connectivity index is 0.00000112. The molecule has 2 aromatic carbocycles. The number of hydrogen-bond donors (Lipinski definition) is 1. The van der Waals surface area contributed by atoms with Crippen molar-refractivity contribution in [3.05, 3.63) is 49.4 Å². The summed E-state index contributed by atoms with van der Waals surface area (Å²) in [7, 11) is 0. The van der Waals surface area contributed by atoms with Gasteiger partial charge in [-0.2, -0.15) is 6.42 Å². The molecular formula is C13H14NY+2. The van der Waals surface area contributed by atoms with Gasteiger partial charge < -0.3 is 12.2 Å². The number of benzene rings is 2. The number of nitrogens with one attached hydrogen (secondary N) is 1. The maximum absolute atomic E-state index is 3.82. The maximum atomic E-state index is 3.82. The van der Waals surface area contributed by atoms with Crippen LogP contribution in [0.3, 0.4) is 0 Å². The predicted octanol–water partition coefficient (Wildman–Crippen LogP) is 3.47. The molecule has 2 heteroatoms. The first kappa shape index (κ1) is 12.7. The summed E-state index contributed by atoms with van der Waals surface area (Å²) in [6.45, 7) is 4.74. The van der Waals surface area contributed by atoms with E-state index >= 15 is 0 Å². The first-order chi connectivity index (χ1) is 6.92. The van der Waals surface area contributed by atoms with Crippen molar-refractivity contribution in [1.82, 2.24) is 0 Å². The minimum absolute atomic E-state index is 0. The molecule has 0 bridgehead atoms. The van der Waals surface area contributed by atoms with Gasteiger partial charge in [0, 0.05) is 11.1 Å². The fraction of sp³-hybridized carbons (Fsp3) is 0.154. The van der Waals surface area contributed by atoms with Gasteiger partial charge in [0.05, 0.1) is 0 Å². The van der Waals surface area contributed by atoms with E-state index in [1.165, 1.54) is 16.5 Å². The van der Waals surface area contributed by atoms with Crippen molar-refractivity contribution in [1.29, 1.82) is 0 Å². The smallest absolute Gasteiger partial charge is 0.387 e. The van der Waals surface area contributed by atoms with E-state index in [0.29, 0.717) is 0 Å². The van der Waals surface area contributed by atoms with Gasteiger partial charge in [-0.15, -0.1) is 0 Å². The van der Waals surface area contributed by atoms with Crippen LogP contribution in [-0.2, 0) is 32.7 Å². The van der Waals surface area contributed by atoms with Gasteiger partial charge in [-0.1, -0.05) is 36.4 Å². The third-order valence-corrected chi connectivity index (χ3v) is 2.28. The van der Waals surface area contributed by atoms with Crippen LogP contribution in [0.5, 0.6) is 0 Å². The summed E-state index contributed by atoms with van der Waals surface area (Å²) in [5, 5.41) is 5.94. The van der Waals surface area contributed by atoms with Crippen molar-refractivity contribution in [2.24, 2.45) is 0 Å². The van der Waals surface area contributed by atoms with Crippen LogP contribution in [0.1, 0.15) is 6.42 Å². The maximum Gasteiger partial charge on any atom is 3.00 e. The summed E-state index contributed by atoms with van der Waals surface area (Å²) >= 11 is 0. The molecule has 0 aliphatic carbocycles. The predicted molar refractivity (Wildman–Crippen MR) is 62.4 cm³/mol. The van der Waals surface area contributed by atoms with Crippen LogP contribution in [0.25, 0.3) is 10.8 Å². The molecule has 72 valence electrons. The van der Waals surface area contributed by atoms with Crippen LogP contribution in [0.2, 0.25) is 0 Å². The molecular weight excluding hydrogens is 259 g/mol. The Hall–Kier alpha value is -0.396. The van der Waals surface area contributed by atoms with Crippen LogP contribution >= 0.6 is 0 Å². The van der Waals surface area contributed by atoms with Crippen molar-refractivity contribution < 1.29 is 32.7 Å². The number of fused-ring (bicyclic) bond motifs is 1. The van der Waals surface area contributed by atoms with Gasteiger partial charge in [0.2, 0.25) is 0 Å². The van der Waals surface area contributed by atoms with E-state index in [4.69, 9.17) is 0 Å². The Kier molecular flexibility index (Phi) is 5.28. The summed E-state index contributed by atoms with van der Waals surface area (Å²) in [6, 6.07) is 14.7. The van der Waals surface area contributed by atoms with Crippen LogP contribution < -0.4 is 5.32 Å². The molecule has 2 aromatic rings. The van der Waals surface area contributed by atoms with Crippen molar-refractivity contribution in [2.75, 3.05) is 11.9 Å². The van der Waals surface area contributed by atoms with E-state index < -0.39 is 0 Å². The van der Waals surface area contributed by atoms with Gasteiger partial charge in [-0.05, 0) is 18.0 Å². The van der Waals surface area contributed by atoms with E-state index in [0.717, 1.165) is 13.0 Å². The van der Waals surface area contributed by atoms with Gasteiger partial charge in [0.15, 0.2) is 0 Å². The van der Waals surface area contributed by atoms with Gasteiger partial charge in [-0.3, -0.25) is 0 Å². The van der Waals surface area contributed by atoms with E-state index in [2.05, 4.69) is 54.7 Å². The first-order valence-corrected chi connectivity index (χ1v) is 4.92. The normalized spacial score (nSPS) is 9.67. The number of hydrogen-bond acceptors (Lipinski definition) is 1. The summed E-state index contributed by atoms with van der Waals surface area (Å²) < 4.78 is 0. The SMILES string of the molecule is [CH2-]CCNc1cccc2ccccc12.[Y+3]. The zero-order chi connectivity index (χ0) is 9.80. The molecule has 0 atom stereocenters. The molecule has 0 aromatic heterocycles. The van der Waals surface area contributed by atoms with E-state index in [1.807, 2.05) is 0 Å². The average molecular weight is 273 g/mol. The standard InChI is InChI=1S/C13H14N.Y/c1-2-10-14-13-9-5-7-11-6-3-4-8-12(11)13;/h3-9,14H,1-2,10H2;/q-1;+3. The van der Waals surface area contributed by atoms with Gasteiger partial charge in [-0.25, -0.2) is 0 Å². The minimum Gasteiger partial charge on any atom is -0.387 e. The zero-order valence-corrected chi connectivity index (χ0v) is 11.6. The summed E-state index contributed by atoms with van der Waals surface area (Å²) in [4.78, 5) is 0. The molecule has 0 amide bonds. The van der Waals surface area contributed by atoms with Gasteiger partial charge >= 0.3 is 32.7 Å².